The molecule has 1 heterocycles. The maximum Gasteiger partial charge on any atom is 0.167 e. The Balaban J connectivity index is 2.39. The maximum atomic E-state index is 14.0. The number of hydrogen-bond acceptors (Lipinski definition) is 3. The lowest BCUT2D eigenvalue weighted by atomic mass is 9.93. The van der Waals surface area contributed by atoms with E-state index < -0.39 is 0 Å². The van der Waals surface area contributed by atoms with Crippen LogP contribution >= 0.6 is 0 Å². The molecule has 0 aliphatic carbocycles. The summed E-state index contributed by atoms with van der Waals surface area (Å²) < 4.78 is 21.1. The largest absolute Gasteiger partial charge is 0.491 e. The summed E-state index contributed by atoms with van der Waals surface area (Å²) in [5.74, 6) is 0.463. The van der Waals surface area contributed by atoms with Gasteiger partial charge in [-0.3, -0.25) is 0 Å². The molecule has 2 rings (SSSR count). The molecule has 114 valence electrons. The third-order valence-electron chi connectivity index (χ3n) is 3.60. The Labute approximate surface area is 124 Å². The highest BCUT2D eigenvalue weighted by Gasteiger charge is 2.19. The first kappa shape index (κ1) is 15.5. The minimum Gasteiger partial charge on any atom is -0.491 e. The summed E-state index contributed by atoms with van der Waals surface area (Å²) in [7, 11) is 0. The van der Waals surface area contributed by atoms with Crippen LogP contribution < -0.4 is 10.5 Å². The molecule has 1 atom stereocenters. The van der Waals surface area contributed by atoms with Gasteiger partial charge in [-0.05, 0) is 25.0 Å². The Kier molecular flexibility index (Phi) is 4.96. The molecule has 21 heavy (non-hydrogen) atoms. The molecular weight excluding hydrogens is 269 g/mol. The molecule has 0 bridgehead atoms. The van der Waals surface area contributed by atoms with Crippen molar-refractivity contribution in [3.63, 3.8) is 0 Å². The SMILES string of the molecule is CCOc1ccc(-n2cncc2C(CN)C(C)C)cc1F. The summed E-state index contributed by atoms with van der Waals surface area (Å²) in [6.07, 6.45) is 3.49. The van der Waals surface area contributed by atoms with Crippen LogP contribution in [0.2, 0.25) is 0 Å². The maximum absolute atomic E-state index is 14.0. The van der Waals surface area contributed by atoms with Crippen LogP contribution in [0.15, 0.2) is 30.7 Å². The normalized spacial score (nSPS) is 12.7. The van der Waals surface area contributed by atoms with Crippen LogP contribution in [0.5, 0.6) is 5.75 Å². The lowest BCUT2D eigenvalue weighted by Crippen LogP contribution is -2.20. The summed E-state index contributed by atoms with van der Waals surface area (Å²) in [5, 5.41) is 0. The molecule has 2 aromatic rings. The van der Waals surface area contributed by atoms with Crippen LogP contribution in [0.25, 0.3) is 5.69 Å². The zero-order valence-electron chi connectivity index (χ0n) is 12.7. The Morgan fingerprint density at radius 2 is 2.14 bits per heavy atom. The van der Waals surface area contributed by atoms with E-state index in [1.165, 1.54) is 6.07 Å². The molecule has 0 fully saturated rings. The van der Waals surface area contributed by atoms with Crippen LogP contribution in [-0.4, -0.2) is 22.7 Å². The first-order valence-electron chi connectivity index (χ1n) is 7.23. The second-order valence-electron chi connectivity index (χ2n) is 5.32. The number of nitrogens with two attached hydrogens (primary N) is 1. The van der Waals surface area contributed by atoms with Gasteiger partial charge in [-0.15, -0.1) is 0 Å². The molecule has 1 aromatic carbocycles. The summed E-state index contributed by atoms with van der Waals surface area (Å²) in [6, 6.07) is 4.93. The highest BCUT2D eigenvalue weighted by molar-refractivity contribution is 5.40. The van der Waals surface area contributed by atoms with Gasteiger partial charge in [0.1, 0.15) is 0 Å². The predicted molar refractivity (Wildman–Crippen MR) is 81.3 cm³/mol. The second kappa shape index (κ2) is 6.72. The number of hydrogen-bond donors (Lipinski definition) is 1. The van der Waals surface area contributed by atoms with Crippen molar-refractivity contribution >= 4 is 0 Å². The number of imidazole rings is 1. The van der Waals surface area contributed by atoms with Crippen LogP contribution in [0.3, 0.4) is 0 Å². The van der Waals surface area contributed by atoms with E-state index in [0.717, 1.165) is 11.4 Å². The van der Waals surface area contributed by atoms with E-state index in [-0.39, 0.29) is 17.5 Å². The summed E-state index contributed by atoms with van der Waals surface area (Å²) in [4.78, 5) is 4.19. The van der Waals surface area contributed by atoms with Crippen LogP contribution in [0.4, 0.5) is 4.39 Å². The van der Waals surface area contributed by atoms with Gasteiger partial charge >= 0.3 is 0 Å². The first-order chi connectivity index (χ1) is 10.1. The van der Waals surface area contributed by atoms with Crippen molar-refractivity contribution < 1.29 is 9.13 Å². The summed E-state index contributed by atoms with van der Waals surface area (Å²) >= 11 is 0. The van der Waals surface area contributed by atoms with Crippen molar-refractivity contribution in [2.75, 3.05) is 13.2 Å². The van der Waals surface area contributed by atoms with E-state index in [9.17, 15) is 4.39 Å². The number of ether oxygens (including phenoxy) is 1. The van der Waals surface area contributed by atoms with Gasteiger partial charge < -0.3 is 15.0 Å². The van der Waals surface area contributed by atoms with Crippen LogP contribution in [0, 0.1) is 11.7 Å². The highest BCUT2D eigenvalue weighted by atomic mass is 19.1. The standard InChI is InChI=1S/C16H22FN3O/c1-4-21-16-6-5-12(7-14(16)17)20-10-19-9-15(20)13(8-18)11(2)3/h5-7,9-11,13H,4,8,18H2,1-3H3. The van der Waals surface area contributed by atoms with Gasteiger partial charge in [0.25, 0.3) is 0 Å². The fourth-order valence-electron chi connectivity index (χ4n) is 2.44. The average molecular weight is 291 g/mol. The van der Waals surface area contributed by atoms with Crippen molar-refractivity contribution in [2.45, 2.75) is 26.7 Å². The Hall–Kier alpha value is -1.88. The monoisotopic (exact) mass is 291 g/mol. The average Bonchev–Trinajstić information content (AvgIpc) is 2.91. The van der Waals surface area contributed by atoms with Crippen molar-refractivity contribution in [2.24, 2.45) is 11.7 Å². The fourth-order valence-corrected chi connectivity index (χ4v) is 2.44. The molecule has 4 nitrogen and oxygen atoms in total. The quantitative estimate of drug-likeness (QED) is 0.889. The van der Waals surface area contributed by atoms with Gasteiger partial charge in [0, 0.05) is 36.1 Å². The molecule has 0 aliphatic rings. The molecule has 1 unspecified atom stereocenters. The van der Waals surface area contributed by atoms with Crippen molar-refractivity contribution in [3.05, 3.63) is 42.2 Å². The lowest BCUT2D eigenvalue weighted by Gasteiger charge is -2.20. The van der Waals surface area contributed by atoms with E-state index in [2.05, 4.69) is 18.8 Å². The molecule has 1 aromatic heterocycles. The van der Waals surface area contributed by atoms with E-state index >= 15 is 0 Å². The topological polar surface area (TPSA) is 53.1 Å². The van der Waals surface area contributed by atoms with E-state index in [4.69, 9.17) is 10.5 Å². The van der Waals surface area contributed by atoms with Gasteiger partial charge in [-0.25, -0.2) is 9.37 Å². The second-order valence-corrected chi connectivity index (χ2v) is 5.32. The smallest absolute Gasteiger partial charge is 0.167 e. The minimum absolute atomic E-state index is 0.183. The molecular formula is C16H22FN3O. The number of halogens is 1. The Bertz CT molecular complexity index is 595. The molecule has 5 heteroatoms. The fraction of sp³-hybridized carbons (Fsp3) is 0.438. The number of nitrogens with zero attached hydrogens (tertiary/aromatic N) is 2. The van der Waals surface area contributed by atoms with Crippen molar-refractivity contribution in [1.29, 1.82) is 0 Å². The number of rotatable bonds is 6. The van der Waals surface area contributed by atoms with Gasteiger partial charge in [-0.1, -0.05) is 13.8 Å². The van der Waals surface area contributed by atoms with Gasteiger partial charge in [0.05, 0.1) is 12.9 Å². The molecule has 0 radical (unpaired) electrons. The van der Waals surface area contributed by atoms with E-state index in [0.29, 0.717) is 19.1 Å². The zero-order valence-corrected chi connectivity index (χ0v) is 12.7. The highest BCUT2D eigenvalue weighted by Crippen LogP contribution is 2.27. The van der Waals surface area contributed by atoms with Gasteiger partial charge in [0.15, 0.2) is 11.6 Å². The summed E-state index contributed by atoms with van der Waals surface area (Å²) in [5.41, 5.74) is 7.59. The Morgan fingerprint density at radius 3 is 2.71 bits per heavy atom. The summed E-state index contributed by atoms with van der Waals surface area (Å²) in [6.45, 7) is 7.04. The van der Waals surface area contributed by atoms with Crippen LogP contribution in [0.1, 0.15) is 32.4 Å². The Morgan fingerprint density at radius 1 is 1.38 bits per heavy atom. The molecule has 0 spiro atoms. The molecule has 0 aliphatic heterocycles. The van der Waals surface area contributed by atoms with Gasteiger partial charge in [0.2, 0.25) is 0 Å². The van der Waals surface area contributed by atoms with E-state index in [1.54, 1.807) is 18.6 Å². The predicted octanol–water partition coefficient (Wildman–Crippen LogP) is 3.11. The molecule has 0 saturated heterocycles. The van der Waals surface area contributed by atoms with Gasteiger partial charge in [-0.2, -0.15) is 0 Å². The lowest BCUT2D eigenvalue weighted by molar-refractivity contribution is 0.321. The first-order valence-corrected chi connectivity index (χ1v) is 7.23. The third kappa shape index (κ3) is 3.24. The van der Waals surface area contributed by atoms with Crippen LogP contribution in [-0.2, 0) is 0 Å². The molecule has 0 saturated carbocycles. The third-order valence-corrected chi connectivity index (χ3v) is 3.60. The molecule has 2 N–H and O–H groups in total. The number of benzene rings is 1. The zero-order chi connectivity index (χ0) is 15.4. The number of aromatic nitrogens is 2. The molecule has 0 amide bonds. The van der Waals surface area contributed by atoms with Crippen molar-refractivity contribution in [3.8, 4) is 11.4 Å². The van der Waals surface area contributed by atoms with E-state index in [1.807, 2.05) is 17.6 Å². The van der Waals surface area contributed by atoms with Crippen molar-refractivity contribution in [1.82, 2.24) is 9.55 Å². The minimum atomic E-state index is -0.372.